The molecule has 4 aromatic rings. The molecule has 0 aliphatic carbocycles. The maximum absolute atomic E-state index is 6.06. The highest BCUT2D eigenvalue weighted by atomic mass is 32.2. The molecule has 2 aromatic heterocycles. The van der Waals surface area contributed by atoms with Gasteiger partial charge in [-0.05, 0) is 35.9 Å². The second-order valence-electron chi connectivity index (χ2n) is 6.33. The first kappa shape index (κ1) is 19.1. The van der Waals surface area contributed by atoms with Gasteiger partial charge >= 0.3 is 0 Å². The summed E-state index contributed by atoms with van der Waals surface area (Å²) in [5.74, 6) is 1.82. The van der Waals surface area contributed by atoms with Crippen molar-refractivity contribution in [1.29, 1.82) is 0 Å². The summed E-state index contributed by atoms with van der Waals surface area (Å²) in [6.45, 7) is 0.720. The normalized spacial score (nSPS) is 11.0. The van der Waals surface area contributed by atoms with Crippen molar-refractivity contribution >= 4 is 28.7 Å². The maximum Gasteiger partial charge on any atom is 0.175 e. The number of imidazole rings is 1. The van der Waals surface area contributed by atoms with Crippen LogP contribution in [0.15, 0.2) is 64.9 Å². The molecule has 0 aliphatic rings. The van der Waals surface area contributed by atoms with Crippen LogP contribution < -0.4 is 15.2 Å². The maximum atomic E-state index is 6.06. The number of fused-ring (bicyclic) bond motifs is 1. The highest BCUT2D eigenvalue weighted by molar-refractivity contribution is 7.99. The number of ether oxygens (including phenoxy) is 2. The second-order valence-corrected chi connectivity index (χ2v) is 7.34. The third-order valence-electron chi connectivity index (χ3n) is 4.56. The monoisotopic (exact) mass is 407 g/mol. The first-order valence-corrected chi connectivity index (χ1v) is 9.91. The van der Waals surface area contributed by atoms with Gasteiger partial charge in [0.25, 0.3) is 0 Å². The molecule has 0 fully saturated rings. The molecule has 4 rings (SSSR count). The van der Waals surface area contributed by atoms with E-state index in [0.29, 0.717) is 11.3 Å². The molecule has 29 heavy (non-hydrogen) atoms. The van der Waals surface area contributed by atoms with Crippen molar-refractivity contribution in [3.8, 4) is 11.5 Å². The molecule has 0 radical (unpaired) electrons. The summed E-state index contributed by atoms with van der Waals surface area (Å²) in [6, 6.07) is 16.0. The predicted octanol–water partition coefficient (Wildman–Crippen LogP) is 3.82. The zero-order valence-corrected chi connectivity index (χ0v) is 17.0. The van der Waals surface area contributed by atoms with Crippen molar-refractivity contribution in [3.05, 3.63) is 60.4 Å². The van der Waals surface area contributed by atoms with E-state index in [1.165, 1.54) is 23.7 Å². The Bertz CT molecular complexity index is 1130. The first-order valence-electron chi connectivity index (χ1n) is 9.10. The van der Waals surface area contributed by atoms with Gasteiger partial charge in [-0.15, -0.1) is 0 Å². The van der Waals surface area contributed by atoms with E-state index in [1.54, 1.807) is 14.2 Å². The topological polar surface area (TPSA) is 88.1 Å². The molecule has 0 amide bonds. The van der Waals surface area contributed by atoms with E-state index >= 15 is 0 Å². The van der Waals surface area contributed by atoms with Crippen LogP contribution in [0, 0.1) is 0 Å². The summed E-state index contributed by atoms with van der Waals surface area (Å²) in [6.07, 6.45) is 2.32. The number of anilines is 1. The van der Waals surface area contributed by atoms with Crippen molar-refractivity contribution in [2.24, 2.45) is 0 Å². The van der Waals surface area contributed by atoms with Gasteiger partial charge in [-0.25, -0.2) is 15.0 Å². The molecular formula is C21H21N5O2S. The number of aryl methyl sites for hydroxylation is 2. The standard InChI is InChI=1S/C21H21N5O2S/c1-27-15-8-9-17(16(12-15)28-2)29-21-25-18-19(22)23-13-24-20(18)26(21)11-10-14-6-4-3-5-7-14/h3-9,12-13H,10-11H2,1-2H3,(H2,22,23,24). The van der Waals surface area contributed by atoms with Gasteiger partial charge in [-0.1, -0.05) is 30.3 Å². The van der Waals surface area contributed by atoms with Crippen molar-refractivity contribution in [3.63, 3.8) is 0 Å². The Morgan fingerprint density at radius 3 is 2.62 bits per heavy atom. The van der Waals surface area contributed by atoms with Gasteiger partial charge in [0.05, 0.1) is 19.1 Å². The third kappa shape index (κ3) is 3.97. The minimum Gasteiger partial charge on any atom is -0.497 e. The van der Waals surface area contributed by atoms with E-state index < -0.39 is 0 Å². The number of methoxy groups -OCH3 is 2. The largest absolute Gasteiger partial charge is 0.497 e. The fourth-order valence-electron chi connectivity index (χ4n) is 3.06. The molecule has 0 aliphatic heterocycles. The number of hydrogen-bond acceptors (Lipinski definition) is 7. The van der Waals surface area contributed by atoms with Crippen LogP contribution in [0.2, 0.25) is 0 Å². The lowest BCUT2D eigenvalue weighted by Gasteiger charge is -2.11. The molecule has 148 valence electrons. The summed E-state index contributed by atoms with van der Waals surface area (Å²) in [4.78, 5) is 14.2. The summed E-state index contributed by atoms with van der Waals surface area (Å²) >= 11 is 1.50. The molecule has 2 N–H and O–H groups in total. The van der Waals surface area contributed by atoms with Gasteiger partial charge in [-0.3, -0.25) is 0 Å². The van der Waals surface area contributed by atoms with Gasteiger partial charge in [-0.2, -0.15) is 0 Å². The Morgan fingerprint density at radius 1 is 1.03 bits per heavy atom. The van der Waals surface area contributed by atoms with Crippen molar-refractivity contribution in [2.75, 3.05) is 20.0 Å². The van der Waals surface area contributed by atoms with Gasteiger partial charge in [0.2, 0.25) is 0 Å². The summed E-state index contributed by atoms with van der Waals surface area (Å²) < 4.78 is 12.9. The van der Waals surface area contributed by atoms with Crippen molar-refractivity contribution in [2.45, 2.75) is 23.0 Å². The fourth-order valence-corrected chi connectivity index (χ4v) is 4.06. The molecule has 0 bridgehead atoms. The molecule has 0 unspecified atom stereocenters. The van der Waals surface area contributed by atoms with Crippen LogP contribution in [-0.2, 0) is 13.0 Å². The Kier molecular flexibility index (Phi) is 5.53. The van der Waals surface area contributed by atoms with E-state index in [-0.39, 0.29) is 0 Å². The van der Waals surface area contributed by atoms with Gasteiger partial charge in [0.1, 0.15) is 17.8 Å². The van der Waals surface area contributed by atoms with Crippen molar-refractivity contribution in [1.82, 2.24) is 19.5 Å². The van der Waals surface area contributed by atoms with Gasteiger partial charge < -0.3 is 19.8 Å². The fraction of sp³-hybridized carbons (Fsp3) is 0.190. The second kappa shape index (κ2) is 8.40. The summed E-state index contributed by atoms with van der Waals surface area (Å²) in [5.41, 5.74) is 8.63. The highest BCUT2D eigenvalue weighted by Crippen LogP contribution is 2.38. The smallest absolute Gasteiger partial charge is 0.175 e. The number of benzene rings is 2. The number of hydrogen-bond donors (Lipinski definition) is 1. The molecule has 0 spiro atoms. The molecule has 8 heteroatoms. The quantitative estimate of drug-likeness (QED) is 0.498. The molecule has 7 nitrogen and oxygen atoms in total. The van der Waals surface area contributed by atoms with Crippen LogP contribution >= 0.6 is 11.8 Å². The minimum absolute atomic E-state index is 0.372. The average molecular weight is 407 g/mol. The third-order valence-corrected chi connectivity index (χ3v) is 5.62. The Balaban J connectivity index is 1.72. The molecule has 2 aromatic carbocycles. The average Bonchev–Trinajstić information content (AvgIpc) is 3.11. The van der Waals surface area contributed by atoms with Gasteiger partial charge in [0.15, 0.2) is 22.1 Å². The molecule has 0 atom stereocenters. The van der Waals surface area contributed by atoms with Crippen molar-refractivity contribution < 1.29 is 9.47 Å². The number of aromatic nitrogens is 4. The van der Waals surface area contributed by atoms with Crippen LogP contribution in [-0.4, -0.2) is 33.7 Å². The van der Waals surface area contributed by atoms with Gasteiger partial charge in [0, 0.05) is 12.6 Å². The van der Waals surface area contributed by atoms with Crippen LogP contribution in [0.4, 0.5) is 5.82 Å². The van der Waals surface area contributed by atoms with Crippen LogP contribution in [0.1, 0.15) is 5.56 Å². The molecule has 0 saturated heterocycles. The van der Waals surface area contributed by atoms with E-state index in [9.17, 15) is 0 Å². The zero-order valence-electron chi connectivity index (χ0n) is 16.2. The lowest BCUT2D eigenvalue weighted by Crippen LogP contribution is -2.04. The lowest BCUT2D eigenvalue weighted by molar-refractivity contribution is 0.387. The Hall–Kier alpha value is -3.26. The van der Waals surface area contributed by atoms with Crippen LogP contribution in [0.3, 0.4) is 0 Å². The van der Waals surface area contributed by atoms with E-state index in [4.69, 9.17) is 20.2 Å². The zero-order chi connectivity index (χ0) is 20.2. The minimum atomic E-state index is 0.372. The van der Waals surface area contributed by atoms with E-state index in [0.717, 1.165) is 40.2 Å². The Morgan fingerprint density at radius 2 is 1.86 bits per heavy atom. The first-order chi connectivity index (χ1) is 14.2. The Labute approximate surface area is 172 Å². The number of nitrogens with two attached hydrogens (primary N) is 1. The van der Waals surface area contributed by atoms with Crippen LogP contribution in [0.25, 0.3) is 11.2 Å². The number of nitrogens with zero attached hydrogens (tertiary/aromatic N) is 4. The predicted molar refractivity (Wildman–Crippen MR) is 114 cm³/mol. The number of rotatable bonds is 7. The SMILES string of the molecule is COc1ccc(Sc2nc3c(N)ncnc3n2CCc2ccccc2)c(OC)c1. The molecular weight excluding hydrogens is 386 g/mol. The lowest BCUT2D eigenvalue weighted by atomic mass is 10.1. The van der Waals surface area contributed by atoms with E-state index in [2.05, 4.69) is 26.7 Å². The number of nitrogen functional groups attached to an aromatic ring is 1. The molecule has 2 heterocycles. The summed E-state index contributed by atoms with van der Waals surface area (Å²) in [5, 5.41) is 0.784. The highest BCUT2D eigenvalue weighted by Gasteiger charge is 2.18. The van der Waals surface area contributed by atoms with E-state index in [1.807, 2.05) is 36.4 Å². The molecule has 0 saturated carbocycles. The summed E-state index contributed by atoms with van der Waals surface area (Å²) in [7, 11) is 3.27. The van der Waals surface area contributed by atoms with Crippen LogP contribution in [0.5, 0.6) is 11.5 Å².